The lowest BCUT2D eigenvalue weighted by molar-refractivity contribution is -0.384. The number of ether oxygens (including phenoxy) is 1. The summed E-state index contributed by atoms with van der Waals surface area (Å²) in [6.45, 7) is 7.75. The summed E-state index contributed by atoms with van der Waals surface area (Å²) < 4.78 is 19.9. The standard InChI is InChI=1S/C35H45FN4O6/c1-2-17-39(35(43)46-24-25-11-13-31(14-12-25)40(44)45)30-15-18-37(19-16-30)21-28-22-38(23-32(28)27-9-6-10-29(36)20-27)33(34(41)42)26-7-4-3-5-8-26/h2,6,9-14,20,26,28,30,32-33H,1,3-5,7-8,15-19,21-24H2,(H,41,42). The van der Waals surface area contributed by atoms with Crippen LogP contribution in [0.1, 0.15) is 62.0 Å². The number of likely N-dealkylation sites (tertiary alicyclic amines) is 2. The molecule has 248 valence electrons. The van der Waals surface area contributed by atoms with E-state index in [4.69, 9.17) is 4.74 Å². The number of amides is 1. The second kappa shape index (κ2) is 15.6. The van der Waals surface area contributed by atoms with Crippen LogP contribution in [0, 0.1) is 27.8 Å². The lowest BCUT2D eigenvalue weighted by Crippen LogP contribution is -2.49. The van der Waals surface area contributed by atoms with Crippen molar-refractivity contribution in [2.75, 3.05) is 39.3 Å². The van der Waals surface area contributed by atoms with Crippen molar-refractivity contribution in [2.45, 2.75) is 69.6 Å². The van der Waals surface area contributed by atoms with Gasteiger partial charge in [-0.1, -0.05) is 37.5 Å². The van der Waals surface area contributed by atoms with Crippen molar-refractivity contribution in [3.05, 3.63) is 88.2 Å². The lowest BCUT2D eigenvalue weighted by Gasteiger charge is -2.39. The molecule has 2 saturated heterocycles. The van der Waals surface area contributed by atoms with Crippen molar-refractivity contribution in [3.63, 3.8) is 0 Å². The monoisotopic (exact) mass is 636 g/mol. The van der Waals surface area contributed by atoms with E-state index < -0.39 is 23.0 Å². The molecule has 2 heterocycles. The van der Waals surface area contributed by atoms with Gasteiger partial charge in [-0.05, 0) is 72.9 Å². The summed E-state index contributed by atoms with van der Waals surface area (Å²) >= 11 is 0. The molecule has 2 aliphatic heterocycles. The van der Waals surface area contributed by atoms with E-state index in [1.165, 1.54) is 18.2 Å². The van der Waals surface area contributed by atoms with Crippen molar-refractivity contribution in [1.82, 2.24) is 14.7 Å². The summed E-state index contributed by atoms with van der Waals surface area (Å²) in [6.07, 6.45) is 7.92. The zero-order valence-corrected chi connectivity index (χ0v) is 26.3. The summed E-state index contributed by atoms with van der Waals surface area (Å²) in [5.41, 5.74) is 1.57. The fourth-order valence-corrected chi connectivity index (χ4v) is 7.74. The van der Waals surface area contributed by atoms with E-state index >= 15 is 0 Å². The maximum atomic E-state index is 14.3. The molecule has 0 bridgehead atoms. The summed E-state index contributed by atoms with van der Waals surface area (Å²) in [6, 6.07) is 12.1. The molecule has 3 unspecified atom stereocenters. The average molecular weight is 637 g/mol. The molecule has 2 aromatic rings. The molecular weight excluding hydrogens is 591 g/mol. The molecule has 46 heavy (non-hydrogen) atoms. The molecule has 5 rings (SSSR count). The third-order valence-electron chi connectivity index (χ3n) is 10.0. The highest BCUT2D eigenvalue weighted by Gasteiger charge is 2.43. The number of carbonyl (C=O) groups excluding carboxylic acids is 1. The molecule has 2 aromatic carbocycles. The molecule has 3 aliphatic rings. The molecule has 0 spiro atoms. The maximum absolute atomic E-state index is 14.3. The van der Waals surface area contributed by atoms with Gasteiger partial charge in [0, 0.05) is 63.4 Å². The van der Waals surface area contributed by atoms with Crippen LogP contribution in [-0.2, 0) is 16.1 Å². The third kappa shape index (κ3) is 8.30. The molecule has 0 aromatic heterocycles. The van der Waals surface area contributed by atoms with Crippen LogP contribution < -0.4 is 0 Å². The van der Waals surface area contributed by atoms with E-state index in [0.717, 1.165) is 70.1 Å². The van der Waals surface area contributed by atoms with Crippen LogP contribution in [0.15, 0.2) is 61.2 Å². The largest absolute Gasteiger partial charge is 0.480 e. The number of nitro benzene ring substituents is 1. The van der Waals surface area contributed by atoms with Crippen LogP contribution in [0.25, 0.3) is 0 Å². The summed E-state index contributed by atoms with van der Waals surface area (Å²) in [5.74, 6) is -0.704. The number of aliphatic carboxylic acids is 1. The van der Waals surface area contributed by atoms with E-state index in [2.05, 4.69) is 16.4 Å². The number of hydrogen-bond acceptors (Lipinski definition) is 7. The number of carbonyl (C=O) groups is 2. The number of nitrogens with zero attached hydrogens (tertiary/aromatic N) is 4. The van der Waals surface area contributed by atoms with Gasteiger partial charge in [0.1, 0.15) is 18.5 Å². The van der Waals surface area contributed by atoms with Gasteiger partial charge in [0.05, 0.1) is 4.92 Å². The molecule has 0 radical (unpaired) electrons. The maximum Gasteiger partial charge on any atom is 0.410 e. The van der Waals surface area contributed by atoms with Crippen LogP contribution in [0.5, 0.6) is 0 Å². The smallest absolute Gasteiger partial charge is 0.410 e. The van der Waals surface area contributed by atoms with E-state index in [1.54, 1.807) is 35.2 Å². The number of rotatable bonds is 12. The normalized spacial score (nSPS) is 22.3. The van der Waals surface area contributed by atoms with Gasteiger partial charge >= 0.3 is 12.1 Å². The van der Waals surface area contributed by atoms with Crippen LogP contribution >= 0.6 is 0 Å². The minimum absolute atomic E-state index is 0.0150. The second-order valence-electron chi connectivity index (χ2n) is 13.0. The molecular formula is C35H45FN4O6. The molecule has 11 heteroatoms. The first-order valence-electron chi connectivity index (χ1n) is 16.5. The minimum atomic E-state index is -0.755. The Bertz CT molecular complexity index is 1360. The predicted octanol–water partition coefficient (Wildman–Crippen LogP) is 6.07. The zero-order valence-electron chi connectivity index (χ0n) is 26.3. The van der Waals surface area contributed by atoms with Crippen molar-refractivity contribution in [3.8, 4) is 0 Å². The fourth-order valence-electron chi connectivity index (χ4n) is 7.74. The average Bonchev–Trinajstić information content (AvgIpc) is 3.46. The summed E-state index contributed by atoms with van der Waals surface area (Å²) in [7, 11) is 0. The van der Waals surface area contributed by atoms with Gasteiger partial charge in [0.2, 0.25) is 0 Å². The molecule has 1 aliphatic carbocycles. The van der Waals surface area contributed by atoms with Gasteiger partial charge in [0.25, 0.3) is 5.69 Å². The number of carboxylic acid groups (broad SMARTS) is 1. The van der Waals surface area contributed by atoms with Gasteiger partial charge in [-0.2, -0.15) is 0 Å². The highest BCUT2D eigenvalue weighted by atomic mass is 19.1. The van der Waals surface area contributed by atoms with Gasteiger partial charge in [-0.3, -0.25) is 19.8 Å². The van der Waals surface area contributed by atoms with Crippen LogP contribution in [-0.4, -0.2) is 88.1 Å². The quantitative estimate of drug-likeness (QED) is 0.170. The Morgan fingerprint density at radius 3 is 2.43 bits per heavy atom. The Balaban J connectivity index is 1.21. The molecule has 1 saturated carbocycles. The molecule has 3 fully saturated rings. The highest BCUT2D eigenvalue weighted by Crippen LogP contribution is 2.39. The van der Waals surface area contributed by atoms with E-state index in [9.17, 15) is 29.2 Å². The van der Waals surface area contributed by atoms with E-state index in [0.29, 0.717) is 25.2 Å². The Morgan fingerprint density at radius 1 is 1.09 bits per heavy atom. The second-order valence-corrected chi connectivity index (χ2v) is 13.0. The number of halogens is 1. The van der Waals surface area contributed by atoms with Crippen molar-refractivity contribution in [2.24, 2.45) is 11.8 Å². The number of hydrogen-bond donors (Lipinski definition) is 1. The Hall–Kier alpha value is -3.83. The Labute approximate surface area is 270 Å². The fraction of sp³-hybridized carbons (Fsp3) is 0.543. The van der Waals surface area contributed by atoms with Gasteiger partial charge < -0.3 is 19.6 Å². The molecule has 3 atom stereocenters. The number of benzene rings is 2. The first kappa shape index (κ1) is 33.5. The first-order valence-corrected chi connectivity index (χ1v) is 16.5. The van der Waals surface area contributed by atoms with Gasteiger partial charge in [-0.15, -0.1) is 6.58 Å². The first-order chi connectivity index (χ1) is 22.2. The predicted molar refractivity (Wildman–Crippen MR) is 172 cm³/mol. The Morgan fingerprint density at radius 2 is 1.80 bits per heavy atom. The zero-order chi connectivity index (χ0) is 32.6. The van der Waals surface area contributed by atoms with Crippen molar-refractivity contribution >= 4 is 17.7 Å². The highest BCUT2D eigenvalue weighted by molar-refractivity contribution is 5.74. The third-order valence-corrected chi connectivity index (χ3v) is 10.0. The van der Waals surface area contributed by atoms with Gasteiger partial charge in [0.15, 0.2) is 0 Å². The Kier molecular flexibility index (Phi) is 11.4. The molecule has 1 amide bonds. The van der Waals surface area contributed by atoms with Crippen LogP contribution in [0.2, 0.25) is 0 Å². The summed E-state index contributed by atoms with van der Waals surface area (Å²) in [4.78, 5) is 42.4. The van der Waals surface area contributed by atoms with Crippen molar-refractivity contribution in [1.29, 1.82) is 0 Å². The number of piperidine rings is 1. The van der Waals surface area contributed by atoms with Gasteiger partial charge in [-0.25, -0.2) is 9.18 Å². The van der Waals surface area contributed by atoms with E-state index in [-0.39, 0.29) is 41.9 Å². The van der Waals surface area contributed by atoms with Crippen molar-refractivity contribution < 1.29 is 28.7 Å². The minimum Gasteiger partial charge on any atom is -0.480 e. The topological polar surface area (TPSA) is 116 Å². The lowest BCUT2D eigenvalue weighted by atomic mass is 9.83. The number of carboxylic acids is 1. The van der Waals surface area contributed by atoms with Crippen LogP contribution in [0.3, 0.4) is 0 Å². The number of nitro groups is 1. The molecule has 1 N–H and O–H groups in total. The SMILES string of the molecule is C=CCN(C(=O)OCc1ccc([N+](=O)[O-])cc1)C1CCN(CC2CN(C(C(=O)O)C3CCCCC3)CC2c2cccc(F)c2)CC1. The van der Waals surface area contributed by atoms with E-state index in [1.807, 2.05) is 6.07 Å². The van der Waals surface area contributed by atoms with Crippen LogP contribution in [0.4, 0.5) is 14.9 Å². The molecule has 10 nitrogen and oxygen atoms in total. The number of non-ortho nitro benzene ring substituents is 1. The summed E-state index contributed by atoms with van der Waals surface area (Å²) in [5, 5.41) is 21.2.